The Kier molecular flexibility index (Phi) is 8.44. The van der Waals surface area contributed by atoms with Crippen LogP contribution in [0.5, 0.6) is 5.75 Å². The number of carbonyl (C=O) groups excluding carboxylic acids is 2. The van der Waals surface area contributed by atoms with Gasteiger partial charge in [0.15, 0.2) is 12.7 Å². The Balaban J connectivity index is 1.83. The van der Waals surface area contributed by atoms with Crippen LogP contribution in [-0.2, 0) is 19.1 Å². The second kappa shape index (κ2) is 10.4. The molecule has 0 saturated heterocycles. The van der Waals surface area contributed by atoms with E-state index in [1.807, 2.05) is 0 Å². The van der Waals surface area contributed by atoms with Gasteiger partial charge in [0.2, 0.25) is 0 Å². The summed E-state index contributed by atoms with van der Waals surface area (Å²) in [7, 11) is 0. The van der Waals surface area contributed by atoms with Crippen molar-refractivity contribution in [3.05, 3.63) is 28.2 Å². The fourth-order valence-electron chi connectivity index (χ4n) is 3.51. The van der Waals surface area contributed by atoms with E-state index in [-0.39, 0.29) is 11.1 Å². The first kappa shape index (κ1) is 22.8. The van der Waals surface area contributed by atoms with Gasteiger partial charge in [-0.1, -0.05) is 50.4 Å². The van der Waals surface area contributed by atoms with E-state index in [9.17, 15) is 9.59 Å². The average Bonchev–Trinajstić information content (AvgIpc) is 2.61. The molecule has 1 aliphatic carbocycles. The van der Waals surface area contributed by atoms with Crippen molar-refractivity contribution in [2.75, 3.05) is 6.61 Å². The largest absolute Gasteiger partial charge is 0.477 e. The molecule has 1 aliphatic rings. The highest BCUT2D eigenvalue weighted by Gasteiger charge is 2.33. The zero-order chi connectivity index (χ0) is 20.8. The lowest BCUT2D eigenvalue weighted by Gasteiger charge is -2.36. The molecule has 0 aliphatic heterocycles. The second-order valence-corrected chi connectivity index (χ2v) is 8.64. The summed E-state index contributed by atoms with van der Waals surface area (Å²) in [6.07, 6.45) is 1.98. The van der Waals surface area contributed by atoms with E-state index in [2.05, 4.69) is 20.8 Å². The maximum absolute atomic E-state index is 12.2. The molecule has 0 bridgehead atoms. The number of rotatable bonds is 7. The van der Waals surface area contributed by atoms with E-state index in [0.29, 0.717) is 28.5 Å². The van der Waals surface area contributed by atoms with Gasteiger partial charge in [-0.2, -0.15) is 0 Å². The number of benzene rings is 1. The monoisotopic (exact) mass is 430 g/mol. The normalized spacial score (nSPS) is 23.2. The van der Waals surface area contributed by atoms with Crippen LogP contribution in [0.25, 0.3) is 0 Å². The van der Waals surface area contributed by atoms with E-state index in [4.69, 9.17) is 37.4 Å². The fourth-order valence-corrected chi connectivity index (χ4v) is 3.96. The number of hydrogen-bond acceptors (Lipinski definition) is 5. The van der Waals surface area contributed by atoms with Crippen LogP contribution < -0.4 is 4.74 Å². The van der Waals surface area contributed by atoms with Crippen LogP contribution in [0.2, 0.25) is 10.0 Å². The number of hydrogen-bond donors (Lipinski definition) is 0. The predicted octanol–water partition coefficient (Wildman–Crippen LogP) is 5.31. The lowest BCUT2D eigenvalue weighted by atomic mass is 9.75. The first-order valence-corrected chi connectivity index (χ1v) is 10.4. The van der Waals surface area contributed by atoms with E-state index >= 15 is 0 Å². The molecule has 2 rings (SSSR count). The van der Waals surface area contributed by atoms with Crippen LogP contribution in [0, 0.1) is 17.8 Å². The van der Waals surface area contributed by atoms with Gasteiger partial charge in [0.25, 0.3) is 0 Å². The minimum Gasteiger partial charge on any atom is -0.477 e. The van der Waals surface area contributed by atoms with Crippen molar-refractivity contribution in [3.63, 3.8) is 0 Å². The summed E-state index contributed by atoms with van der Waals surface area (Å²) >= 11 is 11.9. The summed E-state index contributed by atoms with van der Waals surface area (Å²) < 4.78 is 16.2. The molecule has 1 aromatic rings. The highest BCUT2D eigenvalue weighted by Crippen LogP contribution is 2.35. The van der Waals surface area contributed by atoms with E-state index in [1.165, 1.54) is 13.0 Å². The molecule has 0 N–H and O–H groups in total. The minimum atomic E-state index is -0.926. The highest BCUT2D eigenvalue weighted by atomic mass is 35.5. The highest BCUT2D eigenvalue weighted by molar-refractivity contribution is 6.35. The van der Waals surface area contributed by atoms with Gasteiger partial charge in [-0.15, -0.1) is 0 Å². The molecule has 4 atom stereocenters. The number of carbonyl (C=O) groups is 2. The molecule has 1 fully saturated rings. The summed E-state index contributed by atoms with van der Waals surface area (Å²) in [5, 5.41) is 0.754. The summed E-state index contributed by atoms with van der Waals surface area (Å²) in [6, 6.07) is 4.69. The lowest BCUT2D eigenvalue weighted by molar-refractivity contribution is -0.169. The van der Waals surface area contributed by atoms with Gasteiger partial charge in [-0.25, -0.2) is 9.59 Å². The maximum Gasteiger partial charge on any atom is 0.347 e. The van der Waals surface area contributed by atoms with Crippen LogP contribution in [-0.4, -0.2) is 30.8 Å². The fraction of sp³-hybridized carbons (Fsp3) is 0.619. The summed E-state index contributed by atoms with van der Waals surface area (Å²) in [4.78, 5) is 24.3. The number of esters is 2. The minimum absolute atomic E-state index is 0.128. The van der Waals surface area contributed by atoms with Gasteiger partial charge >= 0.3 is 11.9 Å². The topological polar surface area (TPSA) is 61.8 Å². The van der Waals surface area contributed by atoms with Crippen molar-refractivity contribution in [2.24, 2.45) is 17.8 Å². The Bertz CT molecular complexity index is 691. The first-order chi connectivity index (χ1) is 13.2. The van der Waals surface area contributed by atoms with E-state index in [0.717, 1.165) is 19.3 Å². The molecule has 156 valence electrons. The summed E-state index contributed by atoms with van der Waals surface area (Å²) in [5.74, 6) is 0.410. The molecular weight excluding hydrogens is 403 g/mol. The van der Waals surface area contributed by atoms with E-state index in [1.54, 1.807) is 12.1 Å². The van der Waals surface area contributed by atoms with Crippen LogP contribution in [0.4, 0.5) is 0 Å². The first-order valence-electron chi connectivity index (χ1n) is 9.65. The molecule has 5 nitrogen and oxygen atoms in total. The van der Waals surface area contributed by atoms with Crippen LogP contribution in [0.15, 0.2) is 18.2 Å². The third-order valence-electron chi connectivity index (χ3n) is 5.11. The Labute approximate surface area is 176 Å². The maximum atomic E-state index is 12.2. The third-order valence-corrected chi connectivity index (χ3v) is 5.64. The van der Waals surface area contributed by atoms with Crippen LogP contribution >= 0.6 is 23.2 Å². The van der Waals surface area contributed by atoms with Crippen molar-refractivity contribution >= 4 is 35.1 Å². The van der Waals surface area contributed by atoms with Gasteiger partial charge in [0, 0.05) is 5.02 Å². The molecular formula is C21H28Cl2O5. The Morgan fingerprint density at radius 1 is 1.18 bits per heavy atom. The molecule has 0 spiro atoms. The average molecular weight is 431 g/mol. The van der Waals surface area contributed by atoms with Gasteiger partial charge in [-0.05, 0) is 55.7 Å². The zero-order valence-corrected chi connectivity index (χ0v) is 18.3. The molecule has 7 heteroatoms. The zero-order valence-electron chi connectivity index (χ0n) is 16.7. The van der Waals surface area contributed by atoms with Crippen molar-refractivity contribution in [1.82, 2.24) is 0 Å². The molecule has 1 saturated carbocycles. The van der Waals surface area contributed by atoms with Gasteiger partial charge in [0.05, 0.1) is 5.02 Å². The molecule has 0 aromatic heterocycles. The molecule has 28 heavy (non-hydrogen) atoms. The summed E-state index contributed by atoms with van der Waals surface area (Å²) in [6.45, 7) is 7.54. The van der Waals surface area contributed by atoms with Crippen molar-refractivity contribution < 1.29 is 23.8 Å². The van der Waals surface area contributed by atoms with E-state index < -0.39 is 24.6 Å². The second-order valence-electron chi connectivity index (χ2n) is 7.80. The smallest absolute Gasteiger partial charge is 0.347 e. The molecule has 1 aromatic carbocycles. The molecule has 0 amide bonds. The molecule has 0 radical (unpaired) electrons. The van der Waals surface area contributed by atoms with Crippen molar-refractivity contribution in [2.45, 2.75) is 59.2 Å². The Morgan fingerprint density at radius 3 is 2.54 bits per heavy atom. The van der Waals surface area contributed by atoms with Crippen LogP contribution in [0.3, 0.4) is 0 Å². The Hall–Kier alpha value is -1.46. The quantitative estimate of drug-likeness (QED) is 0.548. The van der Waals surface area contributed by atoms with Crippen molar-refractivity contribution in [3.8, 4) is 5.75 Å². The molecule has 0 heterocycles. The Morgan fingerprint density at radius 2 is 1.89 bits per heavy atom. The van der Waals surface area contributed by atoms with Crippen molar-refractivity contribution in [1.29, 1.82) is 0 Å². The number of halogens is 2. The summed E-state index contributed by atoms with van der Waals surface area (Å²) in [5.41, 5.74) is 0. The SMILES string of the molecule is CC(C)[C@@H]1CC[C@@H](C)C[C@@H]1OC(=O)COC(=O)[C@@H](C)Oc1ccc(Cl)cc1Cl. The standard InChI is InChI=1S/C21H28Cl2O5/c1-12(2)16-7-5-13(3)9-19(16)28-20(24)11-26-21(25)14(4)27-18-8-6-15(22)10-17(18)23/h6,8,10,12-14,16,19H,5,7,9,11H2,1-4H3/t13-,14-,16+,19+/m1/s1. The lowest BCUT2D eigenvalue weighted by Crippen LogP contribution is -2.37. The third kappa shape index (κ3) is 6.56. The van der Waals surface area contributed by atoms with Gasteiger partial charge in [0.1, 0.15) is 11.9 Å². The van der Waals surface area contributed by atoms with Gasteiger partial charge in [-0.3, -0.25) is 0 Å². The predicted molar refractivity (Wildman–Crippen MR) is 109 cm³/mol. The van der Waals surface area contributed by atoms with Gasteiger partial charge < -0.3 is 14.2 Å². The number of ether oxygens (including phenoxy) is 3. The van der Waals surface area contributed by atoms with Crippen LogP contribution in [0.1, 0.15) is 47.0 Å². The molecule has 0 unspecified atom stereocenters.